The number of rotatable bonds is 6. The molecule has 1 aromatic rings. The molecule has 1 fully saturated rings. The molecule has 1 aliphatic carbocycles. The van der Waals surface area contributed by atoms with E-state index in [0.29, 0.717) is 12.6 Å². The van der Waals surface area contributed by atoms with Crippen molar-refractivity contribution < 1.29 is 9.90 Å². The fourth-order valence-corrected chi connectivity index (χ4v) is 1.95. The molecule has 0 atom stereocenters. The van der Waals surface area contributed by atoms with Crippen LogP contribution in [0.2, 0.25) is 0 Å². The van der Waals surface area contributed by atoms with Crippen LogP contribution in [0.5, 0.6) is 0 Å². The minimum Gasteiger partial charge on any atom is -0.481 e. The zero-order valence-corrected chi connectivity index (χ0v) is 12.1. The molecule has 0 aliphatic heterocycles. The molecule has 2 rings (SSSR count). The fourth-order valence-electron chi connectivity index (χ4n) is 1.95. The van der Waals surface area contributed by atoms with Crippen molar-refractivity contribution in [2.75, 3.05) is 0 Å². The summed E-state index contributed by atoms with van der Waals surface area (Å²) < 4.78 is 2.19. The van der Waals surface area contributed by atoms with Gasteiger partial charge in [-0.2, -0.15) is 0 Å². The lowest BCUT2D eigenvalue weighted by atomic mass is 9.74. The Kier molecular flexibility index (Phi) is 3.43. The van der Waals surface area contributed by atoms with E-state index in [0.717, 1.165) is 5.69 Å². The number of hydrogen-bond acceptors (Lipinski definition) is 3. The molecule has 2 N–H and O–H groups in total. The van der Waals surface area contributed by atoms with Crippen LogP contribution < -0.4 is 5.32 Å². The fraction of sp³-hybridized carbons (Fsp3) is 0.714. The highest BCUT2D eigenvalue weighted by atomic mass is 16.4. The average Bonchev–Trinajstić information content (AvgIpc) is 3.05. The van der Waals surface area contributed by atoms with Crippen LogP contribution in [0.3, 0.4) is 0 Å². The molecule has 1 saturated carbocycles. The van der Waals surface area contributed by atoms with Gasteiger partial charge >= 0.3 is 5.97 Å². The zero-order chi connectivity index (χ0) is 14.3. The van der Waals surface area contributed by atoms with Crippen LogP contribution in [0.25, 0.3) is 0 Å². The van der Waals surface area contributed by atoms with Crippen LogP contribution in [0.1, 0.15) is 52.3 Å². The molecule has 1 heterocycles. The summed E-state index contributed by atoms with van der Waals surface area (Å²) in [5, 5.41) is 12.7. The van der Waals surface area contributed by atoms with E-state index in [1.807, 2.05) is 26.4 Å². The van der Waals surface area contributed by atoms with E-state index in [2.05, 4.69) is 14.9 Å². The summed E-state index contributed by atoms with van der Waals surface area (Å²) in [5.74, 6) is -0.791. The van der Waals surface area contributed by atoms with Gasteiger partial charge < -0.3 is 15.0 Å². The van der Waals surface area contributed by atoms with Crippen molar-refractivity contribution in [2.24, 2.45) is 5.41 Å². The maximum Gasteiger partial charge on any atom is 0.310 e. The largest absolute Gasteiger partial charge is 0.481 e. The van der Waals surface area contributed by atoms with Gasteiger partial charge in [-0.25, -0.2) is 4.98 Å². The zero-order valence-electron chi connectivity index (χ0n) is 12.1. The van der Waals surface area contributed by atoms with Crippen LogP contribution >= 0.6 is 0 Å². The molecule has 0 saturated heterocycles. The number of hydrogen-bond donors (Lipinski definition) is 2. The minimum atomic E-state index is -0.836. The Bertz CT molecular complexity index is 473. The summed E-state index contributed by atoms with van der Waals surface area (Å²) in [6.45, 7) is 8.00. The van der Waals surface area contributed by atoms with Crippen LogP contribution in [-0.2, 0) is 11.3 Å². The summed E-state index contributed by atoms with van der Waals surface area (Å²) >= 11 is 0. The van der Waals surface area contributed by atoms with Crippen molar-refractivity contribution >= 4 is 5.97 Å². The number of carboxylic acids is 1. The summed E-state index contributed by atoms with van der Waals surface area (Å²) in [7, 11) is 0. The van der Waals surface area contributed by atoms with E-state index < -0.39 is 16.9 Å². The van der Waals surface area contributed by atoms with Gasteiger partial charge in [0.15, 0.2) is 0 Å². The molecule has 0 bridgehead atoms. The predicted octanol–water partition coefficient (Wildman–Crippen LogP) is 2.20. The van der Waals surface area contributed by atoms with Crippen molar-refractivity contribution in [2.45, 2.75) is 58.7 Å². The molecule has 0 aromatic carbocycles. The van der Waals surface area contributed by atoms with Crippen molar-refractivity contribution in [1.82, 2.24) is 14.9 Å². The highest BCUT2D eigenvalue weighted by Gasteiger charge is 2.43. The first kappa shape index (κ1) is 14.1. The first-order valence-electron chi connectivity index (χ1n) is 6.75. The van der Waals surface area contributed by atoms with Crippen molar-refractivity contribution in [3.8, 4) is 0 Å². The van der Waals surface area contributed by atoms with Crippen LogP contribution in [0.4, 0.5) is 0 Å². The van der Waals surface area contributed by atoms with Gasteiger partial charge in [-0.15, -0.1) is 0 Å². The number of aliphatic carboxylic acids is 1. The highest BCUT2D eigenvalue weighted by Crippen LogP contribution is 2.36. The lowest BCUT2D eigenvalue weighted by Gasteiger charge is -2.39. The number of nitrogens with one attached hydrogen (secondary N) is 1. The van der Waals surface area contributed by atoms with Gasteiger partial charge in [0, 0.05) is 24.3 Å². The Morgan fingerprint density at radius 2 is 2.11 bits per heavy atom. The summed E-state index contributed by atoms with van der Waals surface area (Å²) in [4.78, 5) is 15.5. The molecular formula is C14H23N3O2. The average molecular weight is 265 g/mol. The maximum absolute atomic E-state index is 11.4. The quantitative estimate of drug-likeness (QED) is 0.827. The van der Waals surface area contributed by atoms with Gasteiger partial charge in [-0.1, -0.05) is 0 Å². The number of carboxylic acid groups (broad SMARTS) is 1. The van der Waals surface area contributed by atoms with Gasteiger partial charge in [0.1, 0.15) is 0 Å². The Labute approximate surface area is 114 Å². The SMILES string of the molecule is CC(C)(NCc1cncn1C1CC1)C(C)(C)C(=O)O. The van der Waals surface area contributed by atoms with Crippen LogP contribution in [-0.4, -0.2) is 26.2 Å². The van der Waals surface area contributed by atoms with Gasteiger partial charge in [0.25, 0.3) is 0 Å². The summed E-state index contributed by atoms with van der Waals surface area (Å²) in [6.07, 6.45) is 6.15. The third kappa shape index (κ3) is 2.66. The number of aromatic nitrogens is 2. The van der Waals surface area contributed by atoms with Crippen LogP contribution in [0, 0.1) is 5.41 Å². The molecular weight excluding hydrogens is 242 g/mol. The second-order valence-electron chi connectivity index (χ2n) is 6.43. The third-order valence-electron chi connectivity index (χ3n) is 4.50. The molecule has 5 nitrogen and oxygen atoms in total. The minimum absolute atomic E-state index is 0.502. The molecule has 1 aliphatic rings. The van der Waals surface area contributed by atoms with Gasteiger partial charge in [0.05, 0.1) is 17.4 Å². The van der Waals surface area contributed by atoms with Crippen molar-refractivity contribution in [3.63, 3.8) is 0 Å². The topological polar surface area (TPSA) is 67.2 Å². The van der Waals surface area contributed by atoms with Gasteiger partial charge in [0.2, 0.25) is 0 Å². The van der Waals surface area contributed by atoms with Crippen LogP contribution in [0.15, 0.2) is 12.5 Å². The van der Waals surface area contributed by atoms with E-state index >= 15 is 0 Å². The first-order chi connectivity index (χ1) is 8.75. The molecule has 5 heteroatoms. The molecule has 0 radical (unpaired) electrons. The summed E-state index contributed by atoms with van der Waals surface area (Å²) in [6, 6.07) is 0.592. The standard InChI is InChI=1S/C14H23N3O2/c1-13(2,12(18)19)14(3,4)16-8-11-7-15-9-17(11)10-5-6-10/h7,9-10,16H,5-6,8H2,1-4H3,(H,18,19). The number of nitrogens with zero attached hydrogens (tertiary/aromatic N) is 2. The summed E-state index contributed by atoms with van der Waals surface area (Å²) in [5.41, 5.74) is -0.216. The predicted molar refractivity (Wildman–Crippen MR) is 72.8 cm³/mol. The second kappa shape index (κ2) is 4.63. The Morgan fingerprint density at radius 3 is 2.63 bits per heavy atom. The number of carbonyl (C=O) groups is 1. The van der Waals surface area contributed by atoms with Crippen molar-refractivity contribution in [3.05, 3.63) is 18.2 Å². The second-order valence-corrected chi connectivity index (χ2v) is 6.43. The lowest BCUT2D eigenvalue weighted by Crippen LogP contribution is -2.54. The highest BCUT2D eigenvalue weighted by molar-refractivity contribution is 5.75. The molecule has 1 aromatic heterocycles. The van der Waals surface area contributed by atoms with E-state index in [1.165, 1.54) is 12.8 Å². The molecule has 0 amide bonds. The Hall–Kier alpha value is -1.36. The normalized spacial score (nSPS) is 16.6. The Morgan fingerprint density at radius 1 is 1.47 bits per heavy atom. The van der Waals surface area contributed by atoms with Crippen molar-refractivity contribution in [1.29, 1.82) is 0 Å². The molecule has 19 heavy (non-hydrogen) atoms. The maximum atomic E-state index is 11.4. The molecule has 106 valence electrons. The third-order valence-corrected chi connectivity index (χ3v) is 4.50. The lowest BCUT2D eigenvalue weighted by molar-refractivity contribution is -0.151. The Balaban J connectivity index is 2.05. The monoisotopic (exact) mass is 265 g/mol. The van der Waals surface area contributed by atoms with E-state index in [-0.39, 0.29) is 0 Å². The molecule has 0 unspecified atom stereocenters. The first-order valence-corrected chi connectivity index (χ1v) is 6.75. The van der Waals surface area contributed by atoms with Gasteiger partial charge in [-0.05, 0) is 40.5 Å². The van der Waals surface area contributed by atoms with E-state index in [9.17, 15) is 9.90 Å². The molecule has 0 spiro atoms. The number of imidazole rings is 1. The van der Waals surface area contributed by atoms with Gasteiger partial charge in [-0.3, -0.25) is 4.79 Å². The smallest absolute Gasteiger partial charge is 0.310 e. The van der Waals surface area contributed by atoms with E-state index in [1.54, 1.807) is 13.8 Å². The van der Waals surface area contributed by atoms with E-state index in [4.69, 9.17) is 0 Å².